The number of hydrazone groups is 1. The standard InChI is InChI=1S/C27H19Cl2N3O5S/c28-20-10-8-19(9-11-20)27(34)37-22-5-3-4-18(16-22)17-30-31-26(33)24-6-1-2-7-25(24)32-38(35,36)23-14-12-21(29)13-15-23/h1-17,32H,(H,31,33). The van der Waals surface area contributed by atoms with E-state index in [1.807, 2.05) is 0 Å². The minimum atomic E-state index is -3.96. The number of hydrogen-bond acceptors (Lipinski definition) is 6. The van der Waals surface area contributed by atoms with Crippen molar-refractivity contribution in [3.8, 4) is 5.75 Å². The van der Waals surface area contributed by atoms with Crippen molar-refractivity contribution in [2.24, 2.45) is 5.10 Å². The van der Waals surface area contributed by atoms with Crippen molar-refractivity contribution < 1.29 is 22.7 Å². The summed E-state index contributed by atoms with van der Waals surface area (Å²) in [7, 11) is -3.96. The third-order valence-electron chi connectivity index (χ3n) is 5.07. The first kappa shape index (κ1) is 26.9. The molecule has 0 atom stereocenters. The Labute approximate surface area is 228 Å². The van der Waals surface area contributed by atoms with Gasteiger partial charge in [0.1, 0.15) is 5.75 Å². The molecule has 0 fully saturated rings. The largest absolute Gasteiger partial charge is 0.423 e. The maximum Gasteiger partial charge on any atom is 0.343 e. The highest BCUT2D eigenvalue weighted by Gasteiger charge is 2.18. The Hall–Kier alpha value is -4.18. The van der Waals surface area contributed by atoms with Crippen molar-refractivity contribution in [2.75, 3.05) is 4.72 Å². The fourth-order valence-electron chi connectivity index (χ4n) is 3.22. The van der Waals surface area contributed by atoms with Gasteiger partial charge in [0.2, 0.25) is 0 Å². The van der Waals surface area contributed by atoms with Gasteiger partial charge in [-0.25, -0.2) is 18.6 Å². The molecule has 1 amide bonds. The van der Waals surface area contributed by atoms with E-state index in [1.165, 1.54) is 42.6 Å². The molecule has 0 aliphatic carbocycles. The predicted molar refractivity (Wildman–Crippen MR) is 147 cm³/mol. The molecule has 0 aromatic heterocycles. The number of rotatable bonds is 8. The summed E-state index contributed by atoms with van der Waals surface area (Å²) in [6.45, 7) is 0. The van der Waals surface area contributed by atoms with Crippen LogP contribution in [0.3, 0.4) is 0 Å². The fraction of sp³-hybridized carbons (Fsp3) is 0. The van der Waals surface area contributed by atoms with Gasteiger partial charge < -0.3 is 4.74 Å². The van der Waals surface area contributed by atoms with E-state index in [9.17, 15) is 18.0 Å². The van der Waals surface area contributed by atoms with Gasteiger partial charge in [0, 0.05) is 10.0 Å². The normalized spacial score (nSPS) is 11.2. The first-order chi connectivity index (χ1) is 18.2. The first-order valence-electron chi connectivity index (χ1n) is 11.0. The number of sulfonamides is 1. The van der Waals surface area contributed by atoms with Gasteiger partial charge >= 0.3 is 5.97 Å². The molecule has 11 heteroatoms. The summed E-state index contributed by atoms with van der Waals surface area (Å²) in [6, 6.07) is 24.6. The Morgan fingerprint density at radius 3 is 2.18 bits per heavy atom. The maximum absolute atomic E-state index is 12.8. The second-order valence-electron chi connectivity index (χ2n) is 7.77. The van der Waals surface area contributed by atoms with Gasteiger partial charge in [-0.3, -0.25) is 9.52 Å². The lowest BCUT2D eigenvalue weighted by atomic mass is 10.2. The summed E-state index contributed by atoms with van der Waals surface area (Å²) in [5, 5.41) is 4.84. The number of ether oxygens (including phenoxy) is 1. The Morgan fingerprint density at radius 2 is 1.47 bits per heavy atom. The molecule has 0 unspecified atom stereocenters. The molecule has 0 bridgehead atoms. The average molecular weight is 568 g/mol. The lowest BCUT2D eigenvalue weighted by Crippen LogP contribution is -2.21. The third-order valence-corrected chi connectivity index (χ3v) is 6.95. The molecule has 2 N–H and O–H groups in total. The zero-order valence-electron chi connectivity index (χ0n) is 19.5. The quantitative estimate of drug-likeness (QED) is 0.121. The van der Waals surface area contributed by atoms with Crippen LogP contribution in [0.2, 0.25) is 10.0 Å². The summed E-state index contributed by atoms with van der Waals surface area (Å²) < 4.78 is 33.3. The minimum Gasteiger partial charge on any atom is -0.423 e. The van der Waals surface area contributed by atoms with E-state index in [-0.39, 0.29) is 21.9 Å². The molecule has 4 rings (SSSR count). The van der Waals surface area contributed by atoms with Crippen LogP contribution in [0.4, 0.5) is 5.69 Å². The Kier molecular flexibility index (Phi) is 8.42. The Bertz CT molecular complexity index is 1610. The molecule has 0 spiro atoms. The van der Waals surface area contributed by atoms with Crippen LogP contribution in [0, 0.1) is 0 Å². The number of halogens is 2. The summed E-state index contributed by atoms with van der Waals surface area (Å²) in [4.78, 5) is 25.1. The molecule has 4 aromatic rings. The molecule has 0 radical (unpaired) electrons. The summed E-state index contributed by atoms with van der Waals surface area (Å²) >= 11 is 11.7. The molecule has 38 heavy (non-hydrogen) atoms. The Balaban J connectivity index is 1.42. The highest BCUT2D eigenvalue weighted by molar-refractivity contribution is 7.92. The number of para-hydroxylation sites is 1. The zero-order chi connectivity index (χ0) is 27.1. The van der Waals surface area contributed by atoms with Crippen LogP contribution in [0.25, 0.3) is 0 Å². The van der Waals surface area contributed by atoms with Gasteiger partial charge in [-0.05, 0) is 78.4 Å². The van der Waals surface area contributed by atoms with E-state index in [4.69, 9.17) is 27.9 Å². The van der Waals surface area contributed by atoms with Crippen molar-refractivity contribution in [1.29, 1.82) is 0 Å². The number of carbonyl (C=O) groups is 2. The molecular formula is C27H19Cl2N3O5S. The molecule has 0 saturated heterocycles. The number of hydrogen-bond donors (Lipinski definition) is 2. The molecule has 192 valence electrons. The second kappa shape index (κ2) is 11.9. The number of carbonyl (C=O) groups excluding carboxylic acids is 2. The van der Waals surface area contributed by atoms with Gasteiger partial charge in [-0.1, -0.05) is 47.5 Å². The van der Waals surface area contributed by atoms with E-state index in [0.29, 0.717) is 21.2 Å². The number of nitrogens with one attached hydrogen (secondary N) is 2. The third kappa shape index (κ3) is 6.98. The number of anilines is 1. The highest BCUT2D eigenvalue weighted by atomic mass is 35.5. The lowest BCUT2D eigenvalue weighted by molar-refractivity contribution is 0.0734. The van der Waals surface area contributed by atoms with Crippen molar-refractivity contribution in [3.05, 3.63) is 124 Å². The van der Waals surface area contributed by atoms with Crippen LogP contribution < -0.4 is 14.9 Å². The van der Waals surface area contributed by atoms with Crippen LogP contribution in [0.1, 0.15) is 26.3 Å². The van der Waals surface area contributed by atoms with Crippen LogP contribution in [0.15, 0.2) is 107 Å². The Morgan fingerprint density at radius 1 is 0.816 bits per heavy atom. The smallest absolute Gasteiger partial charge is 0.343 e. The number of esters is 1. The van der Waals surface area contributed by atoms with E-state index in [2.05, 4.69) is 15.2 Å². The van der Waals surface area contributed by atoms with Crippen LogP contribution in [0.5, 0.6) is 5.75 Å². The van der Waals surface area contributed by atoms with Crippen LogP contribution in [-0.2, 0) is 10.0 Å². The molecular weight excluding hydrogens is 549 g/mol. The summed E-state index contributed by atoms with van der Waals surface area (Å²) in [5.41, 5.74) is 3.39. The van der Waals surface area contributed by atoms with Crippen LogP contribution >= 0.6 is 23.2 Å². The van der Waals surface area contributed by atoms with Gasteiger partial charge in [0.25, 0.3) is 15.9 Å². The fourth-order valence-corrected chi connectivity index (χ4v) is 4.56. The topological polar surface area (TPSA) is 114 Å². The number of amides is 1. The monoisotopic (exact) mass is 567 g/mol. The number of nitrogens with zero attached hydrogens (tertiary/aromatic N) is 1. The summed E-state index contributed by atoms with van der Waals surface area (Å²) in [5.74, 6) is -0.912. The molecule has 8 nitrogen and oxygen atoms in total. The minimum absolute atomic E-state index is 0.00761. The number of benzene rings is 4. The van der Waals surface area contributed by atoms with Crippen molar-refractivity contribution in [2.45, 2.75) is 4.90 Å². The highest BCUT2D eigenvalue weighted by Crippen LogP contribution is 2.22. The van der Waals surface area contributed by atoms with E-state index >= 15 is 0 Å². The van der Waals surface area contributed by atoms with Crippen molar-refractivity contribution in [3.63, 3.8) is 0 Å². The lowest BCUT2D eigenvalue weighted by Gasteiger charge is -2.11. The molecule has 0 aliphatic heterocycles. The average Bonchev–Trinajstić information content (AvgIpc) is 2.89. The SMILES string of the molecule is O=C(Oc1cccc(C=NNC(=O)c2ccccc2NS(=O)(=O)c2ccc(Cl)cc2)c1)c1ccc(Cl)cc1. The van der Waals surface area contributed by atoms with Gasteiger partial charge in [0.05, 0.1) is 27.9 Å². The second-order valence-corrected chi connectivity index (χ2v) is 10.3. The van der Waals surface area contributed by atoms with Crippen molar-refractivity contribution in [1.82, 2.24) is 5.43 Å². The van der Waals surface area contributed by atoms with E-state index < -0.39 is 21.9 Å². The van der Waals surface area contributed by atoms with Gasteiger partial charge in [0.15, 0.2) is 0 Å². The molecule has 0 aliphatic rings. The summed E-state index contributed by atoms with van der Waals surface area (Å²) in [6.07, 6.45) is 1.36. The van der Waals surface area contributed by atoms with Gasteiger partial charge in [-0.2, -0.15) is 5.10 Å². The van der Waals surface area contributed by atoms with E-state index in [1.54, 1.807) is 60.7 Å². The molecule has 0 heterocycles. The molecule has 0 saturated carbocycles. The van der Waals surface area contributed by atoms with E-state index in [0.717, 1.165) is 0 Å². The maximum atomic E-state index is 12.8. The first-order valence-corrected chi connectivity index (χ1v) is 13.2. The predicted octanol–water partition coefficient (Wildman–Crippen LogP) is 5.78. The van der Waals surface area contributed by atoms with Gasteiger partial charge in [-0.15, -0.1) is 0 Å². The van der Waals surface area contributed by atoms with Crippen LogP contribution in [-0.4, -0.2) is 26.5 Å². The molecule has 4 aromatic carbocycles. The van der Waals surface area contributed by atoms with Crippen molar-refractivity contribution >= 4 is 57.0 Å². The zero-order valence-corrected chi connectivity index (χ0v) is 21.8.